The van der Waals surface area contributed by atoms with Crippen molar-refractivity contribution in [3.8, 4) is 17.2 Å². The summed E-state index contributed by atoms with van der Waals surface area (Å²) >= 11 is 0. The van der Waals surface area contributed by atoms with Gasteiger partial charge in [0.05, 0.1) is 36.2 Å². The van der Waals surface area contributed by atoms with Crippen molar-refractivity contribution in [3.63, 3.8) is 0 Å². The summed E-state index contributed by atoms with van der Waals surface area (Å²) in [6, 6.07) is 14.6. The smallest absolute Gasteiger partial charge is 0.267 e. The van der Waals surface area contributed by atoms with Crippen molar-refractivity contribution in [2.45, 2.75) is 6.54 Å². The summed E-state index contributed by atoms with van der Waals surface area (Å²) in [7, 11) is 3.05. The molecule has 0 saturated carbocycles. The number of rotatable bonds is 7. The van der Waals surface area contributed by atoms with E-state index in [9.17, 15) is 9.59 Å². The van der Waals surface area contributed by atoms with Gasteiger partial charge >= 0.3 is 0 Å². The maximum absolute atomic E-state index is 13.8. The van der Waals surface area contributed by atoms with Gasteiger partial charge in [0, 0.05) is 41.3 Å². The SMILES string of the molecule is COc1ccc2c(c1OC)c(=O)n1c3ccc(OCC(=O)NCc4ccncc4)cc3c3ccnc2c31. The minimum atomic E-state index is -0.240. The highest BCUT2D eigenvalue weighted by atomic mass is 16.5. The van der Waals surface area contributed by atoms with Crippen LogP contribution < -0.4 is 25.1 Å². The third kappa shape index (κ3) is 3.63. The van der Waals surface area contributed by atoms with E-state index >= 15 is 0 Å². The Morgan fingerprint density at radius 1 is 0.946 bits per heavy atom. The predicted octanol–water partition coefficient (Wildman–Crippen LogP) is 3.70. The van der Waals surface area contributed by atoms with Crippen LogP contribution in [0.2, 0.25) is 0 Å². The molecule has 0 unspecified atom stereocenters. The second-order valence-corrected chi connectivity index (χ2v) is 8.52. The largest absolute Gasteiger partial charge is 0.493 e. The maximum Gasteiger partial charge on any atom is 0.267 e. The highest BCUT2D eigenvalue weighted by molar-refractivity contribution is 6.19. The first-order valence-corrected chi connectivity index (χ1v) is 11.6. The molecule has 0 bridgehead atoms. The Bertz CT molecular complexity index is 1850. The lowest BCUT2D eigenvalue weighted by molar-refractivity contribution is -0.123. The average Bonchev–Trinajstić information content (AvgIpc) is 3.28. The van der Waals surface area contributed by atoms with Crippen LogP contribution in [0.15, 0.2) is 71.9 Å². The van der Waals surface area contributed by atoms with Crippen molar-refractivity contribution in [3.05, 3.63) is 83.0 Å². The number of amides is 1. The lowest BCUT2D eigenvalue weighted by atomic mass is 10.1. The van der Waals surface area contributed by atoms with E-state index in [1.54, 1.807) is 35.1 Å². The van der Waals surface area contributed by atoms with Crippen LogP contribution in [-0.2, 0) is 11.3 Å². The molecule has 2 aromatic carbocycles. The minimum absolute atomic E-state index is 0.136. The zero-order valence-corrected chi connectivity index (χ0v) is 20.1. The van der Waals surface area contributed by atoms with Crippen LogP contribution in [0.1, 0.15) is 5.56 Å². The Morgan fingerprint density at radius 3 is 2.57 bits per heavy atom. The summed E-state index contributed by atoms with van der Waals surface area (Å²) in [4.78, 5) is 34.7. The Labute approximate surface area is 210 Å². The van der Waals surface area contributed by atoms with E-state index in [1.165, 1.54) is 14.2 Å². The van der Waals surface area contributed by atoms with Gasteiger partial charge < -0.3 is 19.5 Å². The minimum Gasteiger partial charge on any atom is -0.493 e. The first-order chi connectivity index (χ1) is 18.1. The van der Waals surface area contributed by atoms with E-state index < -0.39 is 0 Å². The second-order valence-electron chi connectivity index (χ2n) is 8.52. The molecule has 9 nitrogen and oxygen atoms in total. The molecule has 4 heterocycles. The van der Waals surface area contributed by atoms with Gasteiger partial charge in [-0.3, -0.25) is 24.0 Å². The van der Waals surface area contributed by atoms with Gasteiger partial charge in [-0.2, -0.15) is 0 Å². The number of methoxy groups -OCH3 is 2. The van der Waals surface area contributed by atoms with Crippen LogP contribution in [0.4, 0.5) is 0 Å². The highest BCUT2D eigenvalue weighted by Gasteiger charge is 2.22. The standard InChI is InChI=1S/C28H22N4O5/c1-35-22-6-4-19-24(27(22)36-2)28(34)32-21-5-3-17(13-20(21)18-9-12-30-25(19)26(18)32)37-15-23(33)31-14-16-7-10-29-11-8-16/h3-13H,14-15H2,1-2H3,(H,31,33). The van der Waals surface area contributed by atoms with E-state index in [0.29, 0.717) is 45.6 Å². The molecule has 0 atom stereocenters. The molecule has 4 aromatic heterocycles. The van der Waals surface area contributed by atoms with Crippen molar-refractivity contribution in [2.24, 2.45) is 0 Å². The van der Waals surface area contributed by atoms with Crippen molar-refractivity contribution in [1.82, 2.24) is 19.7 Å². The molecular weight excluding hydrogens is 472 g/mol. The molecule has 0 aliphatic rings. The quantitative estimate of drug-likeness (QED) is 0.338. The number of nitrogens with zero attached hydrogens (tertiary/aromatic N) is 3. The summed E-state index contributed by atoms with van der Waals surface area (Å²) in [5.41, 5.74) is 2.83. The Morgan fingerprint density at radius 2 is 1.78 bits per heavy atom. The molecule has 6 rings (SSSR count). The number of benzene rings is 2. The average molecular weight is 495 g/mol. The van der Waals surface area contributed by atoms with Crippen LogP contribution in [0, 0.1) is 0 Å². The van der Waals surface area contributed by atoms with E-state index in [-0.39, 0.29) is 18.1 Å². The number of nitrogens with one attached hydrogen (secondary N) is 1. The summed E-state index contributed by atoms with van der Waals surface area (Å²) in [5, 5.41) is 5.60. The zero-order valence-electron chi connectivity index (χ0n) is 20.1. The number of aromatic nitrogens is 3. The molecule has 184 valence electrons. The zero-order chi connectivity index (χ0) is 25.5. The molecule has 0 radical (unpaired) electrons. The highest BCUT2D eigenvalue weighted by Crippen LogP contribution is 2.39. The first kappa shape index (κ1) is 22.5. The third-order valence-corrected chi connectivity index (χ3v) is 6.47. The van der Waals surface area contributed by atoms with E-state index in [1.807, 2.05) is 36.4 Å². The second kappa shape index (κ2) is 8.94. The summed E-state index contributed by atoms with van der Waals surface area (Å²) < 4.78 is 18.4. The molecule has 0 spiro atoms. The van der Waals surface area contributed by atoms with Crippen LogP contribution >= 0.6 is 0 Å². The van der Waals surface area contributed by atoms with Crippen LogP contribution in [-0.4, -0.2) is 41.1 Å². The number of hydrogen-bond acceptors (Lipinski definition) is 7. The summed E-state index contributed by atoms with van der Waals surface area (Å²) in [6.07, 6.45) is 5.08. The molecule has 37 heavy (non-hydrogen) atoms. The molecular formula is C28H22N4O5. The van der Waals surface area contributed by atoms with Crippen molar-refractivity contribution >= 4 is 44.0 Å². The summed E-state index contributed by atoms with van der Waals surface area (Å²) in [5.74, 6) is 1.12. The van der Waals surface area contributed by atoms with E-state index in [0.717, 1.165) is 21.9 Å². The molecule has 0 saturated heterocycles. The lowest BCUT2D eigenvalue weighted by Crippen LogP contribution is -2.28. The van der Waals surface area contributed by atoms with Gasteiger partial charge in [0.15, 0.2) is 18.1 Å². The fraction of sp³-hybridized carbons (Fsp3) is 0.143. The van der Waals surface area contributed by atoms with Crippen LogP contribution in [0.3, 0.4) is 0 Å². The number of carbonyl (C=O) groups excluding carboxylic acids is 1. The summed E-state index contributed by atoms with van der Waals surface area (Å²) in [6.45, 7) is 0.257. The van der Waals surface area contributed by atoms with Gasteiger partial charge in [-0.05, 0) is 54.1 Å². The lowest BCUT2D eigenvalue weighted by Gasteiger charge is -2.12. The number of fused-ring (bicyclic) bond motifs is 5. The van der Waals surface area contributed by atoms with Crippen molar-refractivity contribution in [2.75, 3.05) is 20.8 Å². The fourth-order valence-electron chi connectivity index (χ4n) is 4.79. The first-order valence-electron chi connectivity index (χ1n) is 11.6. The van der Waals surface area contributed by atoms with Crippen LogP contribution in [0.5, 0.6) is 17.2 Å². The normalized spacial score (nSPS) is 11.4. The monoisotopic (exact) mass is 494 g/mol. The molecule has 0 aliphatic heterocycles. The molecule has 6 aromatic rings. The van der Waals surface area contributed by atoms with Gasteiger partial charge in [0.25, 0.3) is 11.5 Å². The Balaban J connectivity index is 1.41. The molecule has 0 fully saturated rings. The van der Waals surface area contributed by atoms with Crippen LogP contribution in [0.25, 0.3) is 38.1 Å². The number of pyridine rings is 3. The Hall–Kier alpha value is -4.92. The van der Waals surface area contributed by atoms with Crippen molar-refractivity contribution < 1.29 is 19.0 Å². The van der Waals surface area contributed by atoms with E-state index in [2.05, 4.69) is 15.3 Å². The van der Waals surface area contributed by atoms with Gasteiger partial charge in [0.2, 0.25) is 0 Å². The van der Waals surface area contributed by atoms with Gasteiger partial charge in [-0.25, -0.2) is 0 Å². The maximum atomic E-state index is 13.8. The van der Waals surface area contributed by atoms with Crippen molar-refractivity contribution in [1.29, 1.82) is 0 Å². The number of carbonyl (C=O) groups is 1. The Kier molecular flexibility index (Phi) is 5.45. The number of hydrogen-bond donors (Lipinski definition) is 1. The third-order valence-electron chi connectivity index (χ3n) is 6.47. The van der Waals surface area contributed by atoms with Gasteiger partial charge in [-0.1, -0.05) is 0 Å². The molecule has 1 N–H and O–H groups in total. The van der Waals surface area contributed by atoms with Gasteiger partial charge in [-0.15, -0.1) is 0 Å². The predicted molar refractivity (Wildman–Crippen MR) is 140 cm³/mol. The van der Waals surface area contributed by atoms with Gasteiger partial charge in [0.1, 0.15) is 5.75 Å². The molecule has 0 aliphatic carbocycles. The van der Waals surface area contributed by atoms with E-state index in [4.69, 9.17) is 14.2 Å². The fourth-order valence-corrected chi connectivity index (χ4v) is 4.79. The molecule has 1 amide bonds. The molecule has 9 heteroatoms. The topological polar surface area (TPSA) is 104 Å². The number of ether oxygens (including phenoxy) is 3.